The molecule has 0 unspecified atom stereocenters. The predicted molar refractivity (Wildman–Crippen MR) is 90.4 cm³/mol. The Bertz CT molecular complexity index is 573. The van der Waals surface area contributed by atoms with Crippen LogP contribution in [0.1, 0.15) is 37.8 Å². The van der Waals surface area contributed by atoms with Gasteiger partial charge in [-0.25, -0.2) is 0 Å². The van der Waals surface area contributed by atoms with Gasteiger partial charge < -0.3 is 4.74 Å². The molecule has 0 spiro atoms. The molecule has 0 aromatic heterocycles. The summed E-state index contributed by atoms with van der Waals surface area (Å²) in [6, 6.07) is 20.3. The molecule has 0 aliphatic carbocycles. The first-order valence-electron chi connectivity index (χ1n) is 7.73. The fraction of sp³-hybridized carbons (Fsp3) is 0.250. The van der Waals surface area contributed by atoms with E-state index in [1.54, 1.807) is 0 Å². The van der Waals surface area contributed by atoms with Crippen LogP contribution in [0.25, 0.3) is 5.57 Å². The zero-order valence-corrected chi connectivity index (χ0v) is 13.2. The van der Waals surface area contributed by atoms with Gasteiger partial charge in [-0.1, -0.05) is 67.6 Å². The van der Waals surface area contributed by atoms with Crippen LogP contribution in [-0.4, -0.2) is 12.1 Å². The SMILES string of the molecule is CCCC(=O)O[C@@H](C)C=C(c1ccccc1)c1ccccc1. The Labute approximate surface area is 132 Å². The van der Waals surface area contributed by atoms with Crippen LogP contribution in [-0.2, 0) is 9.53 Å². The highest BCUT2D eigenvalue weighted by molar-refractivity contribution is 5.80. The van der Waals surface area contributed by atoms with Gasteiger partial charge in [0.25, 0.3) is 0 Å². The maximum atomic E-state index is 11.7. The van der Waals surface area contributed by atoms with Crippen LogP contribution in [0.2, 0.25) is 0 Å². The largest absolute Gasteiger partial charge is 0.458 e. The van der Waals surface area contributed by atoms with E-state index < -0.39 is 0 Å². The van der Waals surface area contributed by atoms with Gasteiger partial charge >= 0.3 is 5.97 Å². The van der Waals surface area contributed by atoms with Gasteiger partial charge in [-0.05, 0) is 36.1 Å². The topological polar surface area (TPSA) is 26.3 Å². The molecule has 0 saturated carbocycles. The summed E-state index contributed by atoms with van der Waals surface area (Å²) in [6.45, 7) is 3.88. The smallest absolute Gasteiger partial charge is 0.306 e. The third-order valence-electron chi connectivity index (χ3n) is 3.34. The molecule has 2 heteroatoms. The second kappa shape index (κ2) is 8.18. The van der Waals surface area contributed by atoms with Crippen LogP contribution < -0.4 is 0 Å². The van der Waals surface area contributed by atoms with Crippen LogP contribution in [0.4, 0.5) is 0 Å². The molecule has 114 valence electrons. The summed E-state index contributed by atoms with van der Waals surface area (Å²) in [6.07, 6.45) is 3.02. The first-order valence-corrected chi connectivity index (χ1v) is 7.73. The van der Waals surface area contributed by atoms with Gasteiger partial charge in [-0.2, -0.15) is 0 Å². The molecule has 22 heavy (non-hydrogen) atoms. The van der Waals surface area contributed by atoms with E-state index in [9.17, 15) is 4.79 Å². The standard InChI is InChI=1S/C20H22O2/c1-3-10-20(21)22-16(2)15-19(17-11-6-4-7-12-17)18-13-8-5-9-14-18/h4-9,11-16H,3,10H2,1-2H3/t16-/m0/s1. The van der Waals surface area contributed by atoms with Gasteiger partial charge in [0, 0.05) is 6.42 Å². The lowest BCUT2D eigenvalue weighted by molar-refractivity contribution is -0.146. The minimum Gasteiger partial charge on any atom is -0.458 e. The number of esters is 1. The lowest BCUT2D eigenvalue weighted by Gasteiger charge is -2.14. The van der Waals surface area contributed by atoms with Gasteiger partial charge in [0.05, 0.1) is 0 Å². The first kappa shape index (κ1) is 16.0. The highest BCUT2D eigenvalue weighted by atomic mass is 16.5. The van der Waals surface area contributed by atoms with Crippen molar-refractivity contribution in [1.29, 1.82) is 0 Å². The maximum Gasteiger partial charge on any atom is 0.306 e. The lowest BCUT2D eigenvalue weighted by atomic mass is 9.96. The molecule has 2 nitrogen and oxygen atoms in total. The zero-order valence-electron chi connectivity index (χ0n) is 13.2. The zero-order chi connectivity index (χ0) is 15.8. The number of rotatable bonds is 6. The molecule has 0 amide bonds. The molecule has 0 N–H and O–H groups in total. The fourth-order valence-electron chi connectivity index (χ4n) is 2.33. The van der Waals surface area contributed by atoms with Crippen LogP contribution in [0.5, 0.6) is 0 Å². The monoisotopic (exact) mass is 294 g/mol. The molecule has 0 heterocycles. The van der Waals surface area contributed by atoms with Crippen molar-refractivity contribution in [2.24, 2.45) is 0 Å². The van der Waals surface area contributed by atoms with Gasteiger partial charge in [-0.3, -0.25) is 4.79 Å². The Morgan fingerprint density at radius 2 is 1.50 bits per heavy atom. The Kier molecular flexibility index (Phi) is 5.96. The van der Waals surface area contributed by atoms with Crippen molar-refractivity contribution >= 4 is 11.5 Å². The summed E-state index contributed by atoms with van der Waals surface area (Å²) < 4.78 is 5.45. The summed E-state index contributed by atoms with van der Waals surface area (Å²) in [7, 11) is 0. The number of hydrogen-bond acceptors (Lipinski definition) is 2. The minimum atomic E-state index is -0.255. The molecule has 2 rings (SSSR count). The molecule has 0 radical (unpaired) electrons. The van der Waals surface area contributed by atoms with Crippen LogP contribution in [0, 0.1) is 0 Å². The Balaban J connectivity index is 2.29. The number of carbonyl (C=O) groups is 1. The average molecular weight is 294 g/mol. The number of hydrogen-bond donors (Lipinski definition) is 0. The summed E-state index contributed by atoms with van der Waals surface area (Å²) in [5.74, 6) is -0.147. The molecular formula is C20H22O2. The van der Waals surface area contributed by atoms with E-state index in [1.165, 1.54) is 0 Å². The van der Waals surface area contributed by atoms with Gasteiger partial charge in [-0.15, -0.1) is 0 Å². The first-order chi connectivity index (χ1) is 10.7. The quantitative estimate of drug-likeness (QED) is 0.712. The Hall–Kier alpha value is -2.35. The van der Waals surface area contributed by atoms with Crippen molar-refractivity contribution in [2.75, 3.05) is 0 Å². The number of benzene rings is 2. The molecule has 2 aromatic rings. The maximum absolute atomic E-state index is 11.7. The second-order valence-corrected chi connectivity index (χ2v) is 5.26. The van der Waals surface area contributed by atoms with Crippen LogP contribution in [0.15, 0.2) is 66.7 Å². The van der Waals surface area contributed by atoms with Crippen molar-refractivity contribution < 1.29 is 9.53 Å². The summed E-state index contributed by atoms with van der Waals surface area (Å²) >= 11 is 0. The molecule has 0 aliphatic rings. The fourth-order valence-corrected chi connectivity index (χ4v) is 2.33. The summed E-state index contributed by atoms with van der Waals surface area (Å²) in [5, 5.41) is 0. The molecular weight excluding hydrogens is 272 g/mol. The third kappa shape index (κ3) is 4.59. The molecule has 0 fully saturated rings. The highest BCUT2D eigenvalue weighted by Gasteiger charge is 2.10. The van der Waals surface area contributed by atoms with Crippen molar-refractivity contribution in [2.45, 2.75) is 32.8 Å². The van der Waals surface area contributed by atoms with E-state index >= 15 is 0 Å². The van der Waals surface area contributed by atoms with Crippen molar-refractivity contribution in [3.8, 4) is 0 Å². The van der Waals surface area contributed by atoms with E-state index in [-0.39, 0.29) is 12.1 Å². The van der Waals surface area contributed by atoms with Crippen molar-refractivity contribution in [3.05, 3.63) is 77.9 Å². The average Bonchev–Trinajstić information content (AvgIpc) is 2.54. The van der Waals surface area contributed by atoms with E-state index in [0.29, 0.717) is 6.42 Å². The molecule has 0 saturated heterocycles. The van der Waals surface area contributed by atoms with Crippen molar-refractivity contribution in [3.63, 3.8) is 0 Å². The molecule has 2 aromatic carbocycles. The van der Waals surface area contributed by atoms with Crippen LogP contribution in [0.3, 0.4) is 0 Å². The number of carbonyl (C=O) groups excluding carboxylic acids is 1. The molecule has 0 bridgehead atoms. The Morgan fingerprint density at radius 1 is 1.00 bits per heavy atom. The van der Waals surface area contributed by atoms with E-state index in [1.807, 2.05) is 56.3 Å². The second-order valence-electron chi connectivity index (χ2n) is 5.26. The third-order valence-corrected chi connectivity index (χ3v) is 3.34. The van der Waals surface area contributed by atoms with E-state index in [4.69, 9.17) is 4.74 Å². The van der Waals surface area contributed by atoms with Gasteiger partial charge in [0.15, 0.2) is 0 Å². The Morgan fingerprint density at radius 3 is 1.95 bits per heavy atom. The number of ether oxygens (including phenoxy) is 1. The normalized spacial score (nSPS) is 11.5. The summed E-state index contributed by atoms with van der Waals surface area (Å²) in [5.41, 5.74) is 3.32. The van der Waals surface area contributed by atoms with E-state index in [2.05, 4.69) is 24.3 Å². The predicted octanol–water partition coefficient (Wildman–Crippen LogP) is 4.85. The molecule has 0 aliphatic heterocycles. The lowest BCUT2D eigenvalue weighted by Crippen LogP contribution is -2.12. The van der Waals surface area contributed by atoms with Crippen molar-refractivity contribution in [1.82, 2.24) is 0 Å². The van der Waals surface area contributed by atoms with Crippen LogP contribution >= 0.6 is 0 Å². The summed E-state index contributed by atoms with van der Waals surface area (Å²) in [4.78, 5) is 11.7. The molecule has 1 atom stereocenters. The van der Waals surface area contributed by atoms with Gasteiger partial charge in [0.2, 0.25) is 0 Å². The van der Waals surface area contributed by atoms with E-state index in [0.717, 1.165) is 23.1 Å². The van der Waals surface area contributed by atoms with Gasteiger partial charge in [0.1, 0.15) is 6.10 Å². The highest BCUT2D eigenvalue weighted by Crippen LogP contribution is 2.24. The minimum absolute atomic E-state index is 0.147.